The predicted octanol–water partition coefficient (Wildman–Crippen LogP) is 5.93. The summed E-state index contributed by atoms with van der Waals surface area (Å²) in [5.41, 5.74) is 0.687. The lowest BCUT2D eigenvalue weighted by Crippen LogP contribution is -2.14. The van der Waals surface area contributed by atoms with Gasteiger partial charge in [-0.05, 0) is 66.7 Å². The first kappa shape index (κ1) is 23.2. The quantitative estimate of drug-likeness (QED) is 0.262. The molecule has 0 bridgehead atoms. The maximum Gasteiger partial charge on any atom is 0.210 e. The molecule has 31 heavy (non-hydrogen) atoms. The number of ketones is 1. The number of methoxy groups -OCH3 is 2. The highest BCUT2D eigenvalue weighted by Crippen LogP contribution is 2.31. The molecule has 0 heterocycles. The van der Waals surface area contributed by atoms with Crippen LogP contribution in [-0.4, -0.2) is 28.4 Å². The van der Waals surface area contributed by atoms with Gasteiger partial charge in [0.05, 0.1) is 19.1 Å². The number of hydrogen-bond acceptors (Lipinski definition) is 5. The number of carbonyl (C=O) groups is 1. The third-order valence-corrected chi connectivity index (χ3v) is 7.30. The summed E-state index contributed by atoms with van der Waals surface area (Å²) >= 11 is 6.62. The molecule has 0 saturated carbocycles. The van der Waals surface area contributed by atoms with Crippen LogP contribution in [0.25, 0.3) is 6.08 Å². The van der Waals surface area contributed by atoms with Crippen molar-refractivity contribution in [2.45, 2.75) is 4.90 Å². The van der Waals surface area contributed by atoms with Gasteiger partial charge in [0.2, 0.25) is 15.6 Å². The van der Waals surface area contributed by atoms with Crippen LogP contribution >= 0.6 is 31.9 Å². The molecule has 0 spiro atoms. The van der Waals surface area contributed by atoms with E-state index in [1.807, 2.05) is 0 Å². The number of hydrogen-bond donors (Lipinski definition) is 0. The van der Waals surface area contributed by atoms with Crippen LogP contribution in [0.15, 0.2) is 85.5 Å². The van der Waals surface area contributed by atoms with Crippen LogP contribution < -0.4 is 9.47 Å². The van der Waals surface area contributed by atoms with Crippen LogP contribution in [0.2, 0.25) is 0 Å². The van der Waals surface area contributed by atoms with E-state index in [9.17, 15) is 13.2 Å². The third-order valence-electron chi connectivity index (χ3n) is 4.47. The minimum atomic E-state index is -4.12. The summed E-state index contributed by atoms with van der Waals surface area (Å²) in [5.74, 6) is 0.310. The number of allylic oxidation sites excluding steroid dienone is 1. The Labute approximate surface area is 197 Å². The van der Waals surface area contributed by atoms with Gasteiger partial charge in [-0.3, -0.25) is 4.79 Å². The second-order valence-corrected chi connectivity index (χ2v) is 10.2. The Morgan fingerprint density at radius 1 is 0.839 bits per heavy atom. The smallest absolute Gasteiger partial charge is 0.210 e. The molecule has 3 rings (SSSR count). The number of halogens is 2. The standard InChI is InChI=1S/C23H18Br2O5S/c1-29-19-10-5-16(21(14-19)30-2)13-22(23(26)15-3-6-17(24)7-4-15)31(27,28)20-11-8-18(25)9-12-20/h3-14H,1-2H3/b22-13+. The first-order valence-corrected chi connectivity index (χ1v) is 12.1. The van der Waals surface area contributed by atoms with E-state index in [0.717, 1.165) is 8.95 Å². The molecule has 0 atom stereocenters. The lowest BCUT2D eigenvalue weighted by Gasteiger charge is -2.12. The topological polar surface area (TPSA) is 69.7 Å². The first-order chi connectivity index (χ1) is 14.8. The van der Waals surface area contributed by atoms with E-state index in [-0.39, 0.29) is 15.4 Å². The zero-order chi connectivity index (χ0) is 22.6. The average molecular weight is 566 g/mol. The van der Waals surface area contributed by atoms with Gasteiger partial charge in [0, 0.05) is 26.1 Å². The number of benzene rings is 3. The van der Waals surface area contributed by atoms with E-state index in [1.165, 1.54) is 32.4 Å². The Balaban J connectivity index is 2.21. The molecule has 0 saturated heterocycles. The monoisotopic (exact) mass is 564 g/mol. The molecule has 0 aliphatic carbocycles. The summed E-state index contributed by atoms with van der Waals surface area (Å²) in [5, 5.41) is 0. The van der Waals surface area contributed by atoms with Crippen molar-refractivity contribution in [1.29, 1.82) is 0 Å². The molecule has 0 fully saturated rings. The molecule has 0 radical (unpaired) electrons. The zero-order valence-corrected chi connectivity index (χ0v) is 20.6. The van der Waals surface area contributed by atoms with Crippen molar-refractivity contribution in [3.05, 3.63) is 91.7 Å². The van der Waals surface area contributed by atoms with E-state index < -0.39 is 15.6 Å². The molecule has 0 amide bonds. The van der Waals surface area contributed by atoms with Gasteiger partial charge in [-0.15, -0.1) is 0 Å². The van der Waals surface area contributed by atoms with Gasteiger partial charge < -0.3 is 9.47 Å². The minimum Gasteiger partial charge on any atom is -0.497 e. The molecule has 0 N–H and O–H groups in total. The van der Waals surface area contributed by atoms with E-state index in [4.69, 9.17) is 9.47 Å². The van der Waals surface area contributed by atoms with Crippen molar-refractivity contribution in [3.63, 3.8) is 0 Å². The fraction of sp³-hybridized carbons (Fsp3) is 0.0870. The highest BCUT2D eigenvalue weighted by molar-refractivity contribution is 9.10. The molecule has 0 aliphatic heterocycles. The second kappa shape index (κ2) is 9.80. The molecule has 5 nitrogen and oxygen atoms in total. The number of Topliss-reactive ketones (excluding diaryl/α,β-unsaturated/α-hetero) is 1. The maximum absolute atomic E-state index is 13.5. The van der Waals surface area contributed by atoms with E-state index in [2.05, 4.69) is 31.9 Å². The Bertz CT molecular complexity index is 1230. The van der Waals surface area contributed by atoms with Gasteiger partial charge in [-0.2, -0.15) is 0 Å². The maximum atomic E-state index is 13.5. The number of sulfone groups is 1. The summed E-state index contributed by atoms with van der Waals surface area (Å²) in [4.78, 5) is 13.0. The zero-order valence-electron chi connectivity index (χ0n) is 16.6. The lowest BCUT2D eigenvalue weighted by atomic mass is 10.1. The van der Waals surface area contributed by atoms with Crippen molar-refractivity contribution in [2.75, 3.05) is 14.2 Å². The summed E-state index contributed by atoms with van der Waals surface area (Å²) in [7, 11) is -1.14. The van der Waals surface area contributed by atoms with Crippen molar-refractivity contribution >= 4 is 53.6 Å². The SMILES string of the molecule is COc1ccc(/C=C(\C(=O)c2ccc(Br)cc2)S(=O)(=O)c2ccc(Br)cc2)c(OC)c1. The van der Waals surface area contributed by atoms with Gasteiger partial charge in [0.25, 0.3) is 0 Å². The molecule has 3 aromatic carbocycles. The largest absolute Gasteiger partial charge is 0.497 e. The summed E-state index contributed by atoms with van der Waals surface area (Å²) in [6.45, 7) is 0. The van der Waals surface area contributed by atoms with Gasteiger partial charge in [-0.1, -0.05) is 31.9 Å². The van der Waals surface area contributed by atoms with Crippen molar-refractivity contribution in [3.8, 4) is 11.5 Å². The Morgan fingerprint density at radius 2 is 1.42 bits per heavy atom. The van der Waals surface area contributed by atoms with Crippen molar-refractivity contribution in [1.82, 2.24) is 0 Å². The molecule has 160 valence electrons. The van der Waals surface area contributed by atoms with Gasteiger partial charge in [-0.25, -0.2) is 8.42 Å². The molecular weight excluding hydrogens is 548 g/mol. The van der Waals surface area contributed by atoms with Crippen LogP contribution in [0, 0.1) is 0 Å². The summed E-state index contributed by atoms with van der Waals surface area (Å²) in [6, 6.07) is 17.6. The van der Waals surface area contributed by atoms with Crippen LogP contribution in [0.1, 0.15) is 15.9 Å². The normalized spacial score (nSPS) is 11.8. The summed E-state index contributed by atoms with van der Waals surface area (Å²) < 4.78 is 39.0. The van der Waals surface area contributed by atoms with Crippen molar-refractivity contribution < 1.29 is 22.7 Å². The minimum absolute atomic E-state index is 0.0138. The van der Waals surface area contributed by atoms with E-state index in [1.54, 1.807) is 54.6 Å². The Kier molecular flexibility index (Phi) is 7.35. The lowest BCUT2D eigenvalue weighted by molar-refractivity contribution is 0.104. The number of ether oxygens (including phenoxy) is 2. The first-order valence-electron chi connectivity index (χ1n) is 9.01. The van der Waals surface area contributed by atoms with Gasteiger partial charge in [0.1, 0.15) is 16.4 Å². The van der Waals surface area contributed by atoms with Crippen LogP contribution in [0.4, 0.5) is 0 Å². The Morgan fingerprint density at radius 3 is 1.97 bits per heavy atom. The van der Waals surface area contributed by atoms with Crippen LogP contribution in [0.5, 0.6) is 11.5 Å². The molecule has 0 aliphatic rings. The van der Waals surface area contributed by atoms with Crippen LogP contribution in [0.3, 0.4) is 0 Å². The van der Waals surface area contributed by atoms with Crippen molar-refractivity contribution in [2.24, 2.45) is 0 Å². The van der Waals surface area contributed by atoms with Gasteiger partial charge >= 0.3 is 0 Å². The van der Waals surface area contributed by atoms with E-state index >= 15 is 0 Å². The fourth-order valence-electron chi connectivity index (χ4n) is 2.83. The summed E-state index contributed by atoms with van der Waals surface area (Å²) in [6.07, 6.45) is 1.33. The predicted molar refractivity (Wildman–Crippen MR) is 127 cm³/mol. The molecule has 0 aromatic heterocycles. The molecule has 0 unspecified atom stereocenters. The fourth-order valence-corrected chi connectivity index (χ4v) is 4.75. The molecule has 3 aromatic rings. The second-order valence-electron chi connectivity index (χ2n) is 6.41. The Hall–Kier alpha value is -2.42. The number of carbonyl (C=O) groups excluding carboxylic acids is 1. The molecular formula is C23H18Br2O5S. The van der Waals surface area contributed by atoms with Gasteiger partial charge in [0.15, 0.2) is 0 Å². The average Bonchev–Trinajstić information content (AvgIpc) is 2.77. The highest BCUT2D eigenvalue weighted by Gasteiger charge is 2.28. The van der Waals surface area contributed by atoms with Crippen LogP contribution in [-0.2, 0) is 9.84 Å². The number of rotatable bonds is 7. The highest BCUT2D eigenvalue weighted by atomic mass is 79.9. The third kappa shape index (κ3) is 5.26. The van der Waals surface area contributed by atoms with E-state index in [0.29, 0.717) is 17.1 Å². The molecule has 8 heteroatoms.